The third-order valence-corrected chi connectivity index (χ3v) is 5.85. The van der Waals surface area contributed by atoms with Crippen LogP contribution in [0.5, 0.6) is 0 Å². The summed E-state index contributed by atoms with van der Waals surface area (Å²) in [4.78, 5) is 24.7. The van der Waals surface area contributed by atoms with Gasteiger partial charge in [0.25, 0.3) is 5.56 Å². The molecule has 1 fully saturated rings. The molecule has 2 N–H and O–H groups in total. The molecule has 0 bridgehead atoms. The zero-order valence-electron chi connectivity index (χ0n) is 12.9. The Morgan fingerprint density at radius 3 is 2.78 bits per heavy atom. The first-order valence-corrected chi connectivity index (χ1v) is 8.93. The number of anilines is 1. The van der Waals surface area contributed by atoms with Crippen LogP contribution < -0.4 is 10.9 Å². The van der Waals surface area contributed by atoms with Crippen LogP contribution >= 0.6 is 11.8 Å². The van der Waals surface area contributed by atoms with E-state index in [9.17, 15) is 9.59 Å². The minimum atomic E-state index is -0.177. The Hall–Kier alpha value is -1.96. The summed E-state index contributed by atoms with van der Waals surface area (Å²) in [6.45, 7) is 0. The lowest BCUT2D eigenvalue weighted by Crippen LogP contribution is -2.18. The maximum atomic E-state index is 12.6. The van der Waals surface area contributed by atoms with Crippen molar-refractivity contribution >= 4 is 23.5 Å². The molecule has 1 saturated carbocycles. The lowest BCUT2D eigenvalue weighted by Gasteiger charge is -2.16. The Morgan fingerprint density at radius 1 is 1.30 bits per heavy atom. The van der Waals surface area contributed by atoms with E-state index in [1.165, 1.54) is 11.8 Å². The molecule has 0 radical (unpaired) electrons. The van der Waals surface area contributed by atoms with Crippen LogP contribution in [0.15, 0.2) is 17.2 Å². The summed E-state index contributed by atoms with van der Waals surface area (Å²) >= 11 is 1.47. The molecule has 2 aliphatic rings. The Bertz CT molecular complexity index is 799. The molecule has 3 heterocycles. The molecule has 0 spiro atoms. The maximum Gasteiger partial charge on any atom is 0.270 e. The van der Waals surface area contributed by atoms with Gasteiger partial charge in [-0.1, -0.05) is 12.8 Å². The van der Waals surface area contributed by atoms with E-state index in [1.807, 2.05) is 17.9 Å². The number of amides is 1. The second kappa shape index (κ2) is 5.59. The summed E-state index contributed by atoms with van der Waals surface area (Å²) in [5.41, 5.74) is 1.47. The molecule has 2 aromatic heterocycles. The number of carbonyl (C=O) groups is 1. The molecule has 7 nitrogen and oxygen atoms in total. The first kappa shape index (κ1) is 14.6. The molecular weight excluding hydrogens is 314 g/mol. The van der Waals surface area contributed by atoms with E-state index >= 15 is 0 Å². The highest BCUT2D eigenvalue weighted by molar-refractivity contribution is 8.00. The number of aromatic nitrogens is 4. The van der Waals surface area contributed by atoms with Gasteiger partial charge in [-0.3, -0.25) is 24.1 Å². The van der Waals surface area contributed by atoms with Gasteiger partial charge in [0.05, 0.1) is 28.8 Å². The van der Waals surface area contributed by atoms with Crippen LogP contribution in [-0.2, 0) is 11.8 Å². The fourth-order valence-corrected chi connectivity index (χ4v) is 4.61. The Morgan fingerprint density at radius 2 is 2.09 bits per heavy atom. The highest BCUT2D eigenvalue weighted by atomic mass is 32.2. The molecule has 1 aliphatic carbocycles. The van der Waals surface area contributed by atoms with Gasteiger partial charge < -0.3 is 5.32 Å². The van der Waals surface area contributed by atoms with Crippen molar-refractivity contribution < 1.29 is 4.79 Å². The average Bonchev–Trinajstić information content (AvgIpc) is 3.21. The molecule has 8 heteroatoms. The highest BCUT2D eigenvalue weighted by Gasteiger charge is 2.33. The largest absolute Gasteiger partial charge is 0.310 e. The molecule has 2 aromatic rings. The zero-order chi connectivity index (χ0) is 16.0. The Labute approximate surface area is 137 Å². The number of hydrogen-bond acceptors (Lipinski definition) is 4. The van der Waals surface area contributed by atoms with Gasteiger partial charge in [-0.05, 0) is 12.8 Å². The molecule has 0 aromatic carbocycles. The fraction of sp³-hybridized carbons (Fsp3) is 0.533. The molecular formula is C15H19N5O2S. The van der Waals surface area contributed by atoms with Crippen molar-refractivity contribution in [2.75, 3.05) is 11.1 Å². The fourth-order valence-electron chi connectivity index (χ4n) is 3.52. The van der Waals surface area contributed by atoms with E-state index in [-0.39, 0.29) is 22.8 Å². The molecule has 0 unspecified atom stereocenters. The third-order valence-electron chi connectivity index (χ3n) is 4.58. The predicted octanol–water partition coefficient (Wildman–Crippen LogP) is 1.80. The SMILES string of the molecule is Cn1cc([C@@H]2SCC(=O)Nc3c2c(=O)[nH]n3C2CCCC2)cn1. The van der Waals surface area contributed by atoms with Gasteiger partial charge in [0.2, 0.25) is 5.91 Å². The maximum absolute atomic E-state index is 12.6. The van der Waals surface area contributed by atoms with Crippen molar-refractivity contribution in [1.82, 2.24) is 19.6 Å². The predicted molar refractivity (Wildman–Crippen MR) is 88.7 cm³/mol. The van der Waals surface area contributed by atoms with Crippen LogP contribution in [0, 0.1) is 0 Å². The number of hydrogen-bond donors (Lipinski definition) is 2. The number of aromatic amines is 1. The topological polar surface area (TPSA) is 84.7 Å². The molecule has 122 valence electrons. The lowest BCUT2D eigenvalue weighted by atomic mass is 10.1. The summed E-state index contributed by atoms with van der Waals surface area (Å²) in [6.07, 6.45) is 8.07. The van der Waals surface area contributed by atoms with Crippen molar-refractivity contribution in [1.29, 1.82) is 0 Å². The van der Waals surface area contributed by atoms with Crippen molar-refractivity contribution in [2.45, 2.75) is 37.0 Å². The number of thioether (sulfide) groups is 1. The second-order valence-corrected chi connectivity index (χ2v) is 7.29. The zero-order valence-corrected chi connectivity index (χ0v) is 13.7. The van der Waals surface area contributed by atoms with E-state index in [4.69, 9.17) is 0 Å². The lowest BCUT2D eigenvalue weighted by molar-refractivity contribution is -0.113. The van der Waals surface area contributed by atoms with Gasteiger partial charge in [-0.25, -0.2) is 0 Å². The third kappa shape index (κ3) is 2.50. The Balaban J connectivity index is 1.84. The first-order chi connectivity index (χ1) is 11.1. The van der Waals surface area contributed by atoms with Gasteiger partial charge >= 0.3 is 0 Å². The van der Waals surface area contributed by atoms with E-state index in [2.05, 4.69) is 15.5 Å². The molecule has 1 atom stereocenters. The van der Waals surface area contributed by atoms with Gasteiger partial charge in [-0.2, -0.15) is 5.10 Å². The molecule has 0 saturated heterocycles. The summed E-state index contributed by atoms with van der Waals surface area (Å²) in [5, 5.41) is 9.93. The standard InChI is InChI=1S/C15H19N5O2S/c1-19-7-9(6-16-19)13-12-14(17-11(21)8-23-13)20(18-15(12)22)10-4-2-3-5-10/h6-7,10,13H,2-5,8H2,1H3,(H,17,21)(H,18,22)/t13-/m0/s1. The number of fused-ring (bicyclic) bond motifs is 1. The van der Waals surface area contributed by atoms with Gasteiger partial charge in [0.1, 0.15) is 5.82 Å². The number of H-pyrrole nitrogens is 1. The highest BCUT2D eigenvalue weighted by Crippen LogP contribution is 2.41. The van der Waals surface area contributed by atoms with E-state index < -0.39 is 0 Å². The van der Waals surface area contributed by atoms with Crippen LogP contribution in [0.3, 0.4) is 0 Å². The quantitative estimate of drug-likeness (QED) is 0.878. The monoisotopic (exact) mass is 333 g/mol. The minimum absolute atomic E-state index is 0.0617. The summed E-state index contributed by atoms with van der Waals surface area (Å²) in [7, 11) is 1.85. The average molecular weight is 333 g/mol. The second-order valence-electron chi connectivity index (χ2n) is 6.20. The number of nitrogens with zero attached hydrogens (tertiary/aromatic N) is 3. The number of carbonyl (C=O) groups excluding carboxylic acids is 1. The molecule has 1 amide bonds. The first-order valence-electron chi connectivity index (χ1n) is 7.88. The normalized spacial score (nSPS) is 22.0. The van der Waals surface area contributed by atoms with Crippen molar-refractivity contribution in [2.24, 2.45) is 7.05 Å². The van der Waals surface area contributed by atoms with Crippen LogP contribution in [0.25, 0.3) is 0 Å². The summed E-state index contributed by atoms with van der Waals surface area (Å²) in [6, 6.07) is 0.268. The van der Waals surface area contributed by atoms with Crippen LogP contribution in [0.2, 0.25) is 0 Å². The van der Waals surface area contributed by atoms with Crippen molar-refractivity contribution in [3.63, 3.8) is 0 Å². The number of aryl methyl sites for hydroxylation is 1. The minimum Gasteiger partial charge on any atom is -0.310 e. The van der Waals surface area contributed by atoms with Crippen molar-refractivity contribution in [3.05, 3.63) is 33.9 Å². The van der Waals surface area contributed by atoms with Crippen LogP contribution in [0.4, 0.5) is 5.82 Å². The molecule has 1 aliphatic heterocycles. The molecule has 4 rings (SSSR count). The van der Waals surface area contributed by atoms with Gasteiger partial charge in [0, 0.05) is 18.8 Å². The van der Waals surface area contributed by atoms with Crippen molar-refractivity contribution in [3.8, 4) is 0 Å². The van der Waals surface area contributed by atoms with Crippen LogP contribution in [-0.4, -0.2) is 31.2 Å². The van der Waals surface area contributed by atoms with Gasteiger partial charge in [0.15, 0.2) is 0 Å². The van der Waals surface area contributed by atoms with Gasteiger partial charge in [-0.15, -0.1) is 11.8 Å². The number of nitrogens with one attached hydrogen (secondary N) is 2. The smallest absolute Gasteiger partial charge is 0.270 e. The van der Waals surface area contributed by atoms with E-state index in [1.54, 1.807) is 10.9 Å². The van der Waals surface area contributed by atoms with E-state index in [0.29, 0.717) is 17.1 Å². The molecule has 23 heavy (non-hydrogen) atoms. The summed E-state index contributed by atoms with van der Waals surface area (Å²) < 4.78 is 3.61. The Kier molecular flexibility index (Phi) is 3.56. The number of rotatable bonds is 2. The van der Waals surface area contributed by atoms with Crippen LogP contribution in [0.1, 0.15) is 48.1 Å². The summed E-state index contributed by atoms with van der Waals surface area (Å²) in [5.74, 6) is 0.914. The van der Waals surface area contributed by atoms with E-state index in [0.717, 1.165) is 31.2 Å².